The number of hydrogen-bond donors (Lipinski definition) is 2. The number of thioether (sulfide) groups is 1. The van der Waals surface area contributed by atoms with Gasteiger partial charge in [-0.25, -0.2) is 4.79 Å². The van der Waals surface area contributed by atoms with E-state index in [0.29, 0.717) is 0 Å². The number of likely N-dealkylation sites (tertiary alicyclic amines) is 1. The van der Waals surface area contributed by atoms with Crippen molar-refractivity contribution in [2.75, 3.05) is 0 Å². The van der Waals surface area contributed by atoms with Gasteiger partial charge in [-0.05, 0) is 31.3 Å². The molecule has 2 aliphatic carbocycles. The molecule has 6 atom stereocenters. The summed E-state index contributed by atoms with van der Waals surface area (Å²) >= 11 is 2.72. The number of carbonyl (C=O) groups is 3. The fourth-order valence-electron chi connectivity index (χ4n) is 4.93. The molecule has 130 valence electrons. The number of fused-ring (bicyclic) bond motifs is 9. The van der Waals surface area contributed by atoms with Crippen LogP contribution in [0.5, 0.6) is 0 Å². The van der Waals surface area contributed by atoms with Gasteiger partial charge in [-0.15, -0.1) is 0 Å². The fourth-order valence-corrected chi connectivity index (χ4v) is 7.37. The van der Waals surface area contributed by atoms with Gasteiger partial charge in [-0.3, -0.25) is 19.3 Å². The molecule has 9 heteroatoms. The molecule has 1 saturated heterocycles. The lowest BCUT2D eigenvalue weighted by Gasteiger charge is -2.32. The molecule has 7 nitrogen and oxygen atoms in total. The van der Waals surface area contributed by atoms with Gasteiger partial charge >= 0.3 is 10.8 Å². The molecule has 0 aromatic carbocycles. The summed E-state index contributed by atoms with van der Waals surface area (Å²) in [5.41, 5.74) is 1.13. The number of carbonyl (C=O) groups excluding carboxylic acids is 2. The number of H-pyrrole nitrogens is 1. The van der Waals surface area contributed by atoms with Crippen LogP contribution in [-0.2, 0) is 14.4 Å². The molecule has 0 unspecified atom stereocenters. The lowest BCUT2D eigenvalue weighted by molar-refractivity contribution is -0.154. The van der Waals surface area contributed by atoms with Gasteiger partial charge < -0.3 is 10.1 Å². The quantitative estimate of drug-likeness (QED) is 0.744. The predicted molar refractivity (Wildman–Crippen MR) is 90.1 cm³/mol. The van der Waals surface area contributed by atoms with Gasteiger partial charge in [0.15, 0.2) is 0 Å². The Balaban J connectivity index is 1.55. The molecule has 3 heterocycles. The molecule has 3 fully saturated rings. The monoisotopic (exact) mass is 378 g/mol. The average Bonchev–Trinajstić information content (AvgIpc) is 3.25. The van der Waals surface area contributed by atoms with Gasteiger partial charge in [0.25, 0.3) is 0 Å². The third-order valence-corrected chi connectivity index (χ3v) is 8.32. The topological polar surface area (TPSA) is 108 Å². The van der Waals surface area contributed by atoms with E-state index in [-0.39, 0.29) is 33.8 Å². The number of hydrogen-bond acceptors (Lipinski definition) is 6. The third kappa shape index (κ3) is 1.82. The van der Waals surface area contributed by atoms with Gasteiger partial charge in [0.1, 0.15) is 6.04 Å². The molecule has 2 saturated carbocycles. The van der Waals surface area contributed by atoms with Crippen LogP contribution >= 0.6 is 23.1 Å². The Morgan fingerprint density at radius 3 is 2.76 bits per heavy atom. The van der Waals surface area contributed by atoms with Crippen LogP contribution in [0, 0.1) is 23.7 Å². The fraction of sp³-hybridized carbons (Fsp3) is 0.500. The Morgan fingerprint density at radius 2 is 2.04 bits per heavy atom. The number of aromatic amines is 1. The van der Waals surface area contributed by atoms with Gasteiger partial charge in [-0.2, -0.15) is 0 Å². The number of aliphatic carboxylic acids is 1. The van der Waals surface area contributed by atoms with Gasteiger partial charge in [0, 0.05) is 5.25 Å². The minimum Gasteiger partial charge on any atom is -0.480 e. The van der Waals surface area contributed by atoms with Gasteiger partial charge in [-0.1, -0.05) is 28.7 Å². The summed E-state index contributed by atoms with van der Waals surface area (Å²) in [6.07, 6.45) is 2.78. The summed E-state index contributed by atoms with van der Waals surface area (Å²) in [5, 5.41) is 10.1. The maximum atomic E-state index is 12.8. The summed E-state index contributed by atoms with van der Waals surface area (Å²) in [6.45, 7) is 1.38. The van der Waals surface area contributed by atoms with Crippen molar-refractivity contribution in [2.45, 2.75) is 29.7 Å². The zero-order chi connectivity index (χ0) is 17.6. The Bertz CT molecular complexity index is 931. The lowest BCUT2D eigenvalue weighted by atomic mass is 9.77. The minimum atomic E-state index is -1.17. The molecule has 25 heavy (non-hydrogen) atoms. The smallest absolute Gasteiger partial charge is 0.326 e. The zero-order valence-corrected chi connectivity index (χ0v) is 14.7. The Morgan fingerprint density at radius 1 is 1.32 bits per heavy atom. The van der Waals surface area contributed by atoms with Crippen LogP contribution in [0.25, 0.3) is 6.08 Å². The number of aromatic nitrogens is 1. The van der Waals surface area contributed by atoms with E-state index in [1.54, 1.807) is 11.8 Å². The van der Waals surface area contributed by atoms with Crippen molar-refractivity contribution in [1.82, 2.24) is 9.88 Å². The van der Waals surface area contributed by atoms with E-state index >= 15 is 0 Å². The van der Waals surface area contributed by atoms with Crippen LogP contribution < -0.4 is 4.87 Å². The number of carboxylic acids is 1. The largest absolute Gasteiger partial charge is 0.480 e. The number of rotatable bonds is 2. The summed E-state index contributed by atoms with van der Waals surface area (Å²) in [5.74, 6) is -2.75. The van der Waals surface area contributed by atoms with Crippen molar-refractivity contribution in [3.05, 3.63) is 20.1 Å². The first-order chi connectivity index (χ1) is 11.9. The van der Waals surface area contributed by atoms with E-state index < -0.39 is 23.8 Å². The van der Waals surface area contributed by atoms with Crippen molar-refractivity contribution < 1.29 is 19.5 Å². The van der Waals surface area contributed by atoms with Crippen LogP contribution in [0.15, 0.2) is 15.4 Å². The van der Waals surface area contributed by atoms with Crippen molar-refractivity contribution in [3.63, 3.8) is 0 Å². The maximum Gasteiger partial charge on any atom is 0.326 e. The Kier molecular flexibility index (Phi) is 2.99. The number of amides is 2. The van der Waals surface area contributed by atoms with Crippen LogP contribution in [0.4, 0.5) is 0 Å². The van der Waals surface area contributed by atoms with E-state index in [9.17, 15) is 24.3 Å². The zero-order valence-electron chi connectivity index (χ0n) is 13.1. The molecule has 1 aromatic rings. The number of carboxylic acid groups (broad SMARTS) is 1. The van der Waals surface area contributed by atoms with Crippen LogP contribution in [0.1, 0.15) is 18.2 Å². The normalized spacial score (nSPS) is 36.1. The summed E-state index contributed by atoms with van der Waals surface area (Å²) in [4.78, 5) is 53.1. The average molecular weight is 378 g/mol. The highest BCUT2D eigenvalue weighted by atomic mass is 32.2. The SMILES string of the molecule is C[C@@H](C(=O)O)N1C(=O)[C@@H]2[C@@H]3C[C@H](C4=Cc5sc(=O)[nH]c5S[C@H]43)[C@@H]2C1=O. The van der Waals surface area contributed by atoms with Crippen LogP contribution in [-0.4, -0.2) is 44.1 Å². The minimum absolute atomic E-state index is 0.0187. The molecule has 1 aromatic heterocycles. The molecular weight excluding hydrogens is 364 g/mol. The first kappa shape index (κ1) is 15.4. The maximum absolute atomic E-state index is 12.8. The third-order valence-electron chi connectivity index (χ3n) is 5.93. The Labute approximate surface area is 150 Å². The van der Waals surface area contributed by atoms with E-state index in [4.69, 9.17) is 0 Å². The highest BCUT2D eigenvalue weighted by Crippen LogP contribution is 2.64. The number of thiazole rings is 1. The van der Waals surface area contributed by atoms with Gasteiger partial charge in [0.2, 0.25) is 11.8 Å². The molecule has 2 aliphatic heterocycles. The van der Waals surface area contributed by atoms with Crippen molar-refractivity contribution in [2.24, 2.45) is 23.7 Å². The van der Waals surface area contributed by atoms with Crippen molar-refractivity contribution >= 4 is 47.0 Å². The molecule has 2 N–H and O–H groups in total. The first-order valence-electron chi connectivity index (χ1n) is 8.09. The standard InChI is InChI=1S/C16H14N2O5S2/c1-4(15(21)22)18-13(19)9-5-2-7(10(9)14(18)20)11-6(5)3-8-12(25-11)17-16(23)24-8/h3-5,7,9-11H,2H2,1H3,(H,17,23)(H,21,22)/t4-,5+,7-,9-,10+,11+/m0/s1. The second-order valence-electron chi connectivity index (χ2n) is 7.01. The molecule has 2 bridgehead atoms. The van der Waals surface area contributed by atoms with E-state index in [1.165, 1.54) is 6.92 Å². The van der Waals surface area contributed by atoms with E-state index in [2.05, 4.69) is 4.98 Å². The van der Waals surface area contributed by atoms with Crippen molar-refractivity contribution in [1.29, 1.82) is 0 Å². The molecule has 0 spiro atoms. The molecule has 5 rings (SSSR count). The molecule has 2 amide bonds. The van der Waals surface area contributed by atoms with E-state index in [0.717, 1.165) is 38.1 Å². The van der Waals surface area contributed by atoms with Gasteiger partial charge in [0.05, 0.1) is 21.7 Å². The summed E-state index contributed by atoms with van der Waals surface area (Å²) in [6, 6.07) is -1.13. The van der Waals surface area contributed by atoms with Crippen LogP contribution in [0.2, 0.25) is 0 Å². The van der Waals surface area contributed by atoms with E-state index in [1.807, 2.05) is 6.08 Å². The molecule has 4 aliphatic rings. The Hall–Kier alpha value is -1.87. The van der Waals surface area contributed by atoms with Crippen LogP contribution in [0.3, 0.4) is 0 Å². The first-order valence-corrected chi connectivity index (χ1v) is 9.79. The molecular formula is C16H14N2O5S2. The summed E-state index contributed by atoms with van der Waals surface area (Å²) < 4.78 is 0. The number of imide groups is 1. The predicted octanol–water partition coefficient (Wildman–Crippen LogP) is 1.02. The second kappa shape index (κ2) is 4.85. The number of nitrogens with one attached hydrogen (secondary N) is 1. The highest BCUT2D eigenvalue weighted by Gasteiger charge is 2.67. The highest BCUT2D eigenvalue weighted by molar-refractivity contribution is 8.00. The summed E-state index contributed by atoms with van der Waals surface area (Å²) in [7, 11) is 0. The van der Waals surface area contributed by atoms with Crippen molar-refractivity contribution in [3.8, 4) is 0 Å². The second-order valence-corrected chi connectivity index (χ2v) is 9.18. The number of nitrogens with zero attached hydrogens (tertiary/aromatic N) is 1. The lowest BCUT2D eigenvalue weighted by Crippen LogP contribution is -2.44. The molecule has 0 radical (unpaired) electrons.